The second-order valence-electron chi connectivity index (χ2n) is 5.67. The smallest absolute Gasteiger partial charge is 0.0406 e. The minimum Gasteiger partial charge on any atom is -0.157 e. The minimum atomic E-state index is 0.535. The first-order valence-electron chi connectivity index (χ1n) is 7.12. The second-order valence-corrected chi connectivity index (χ2v) is 7.65. The zero-order valence-corrected chi connectivity index (χ0v) is 14.5. The van der Waals surface area contributed by atoms with Crippen molar-refractivity contribution in [1.82, 2.24) is 0 Å². The number of hydrogen-bond acceptors (Lipinski definition) is 1. The first-order chi connectivity index (χ1) is 9.24. The molecule has 19 heavy (non-hydrogen) atoms. The molecule has 1 aliphatic carbocycles. The van der Waals surface area contributed by atoms with E-state index in [-0.39, 0.29) is 0 Å². The van der Waals surface area contributed by atoms with E-state index in [0.717, 1.165) is 16.1 Å². The summed E-state index contributed by atoms with van der Waals surface area (Å²) in [5.41, 5.74) is 1.92. The number of rotatable bonds is 5. The van der Waals surface area contributed by atoms with Gasteiger partial charge in [0, 0.05) is 21.9 Å². The molecule has 1 saturated carbocycles. The predicted octanol–water partition coefficient (Wildman–Crippen LogP) is 6.31. The lowest BCUT2D eigenvalue weighted by Gasteiger charge is -2.30. The standard InChI is InChI=1S/C16H22BrClS/c17-12-16(9-3-1-2-4-10-16)13-19-11-14-5-7-15(18)8-6-14/h5-8H,1-4,9-13H2. The Balaban J connectivity index is 1.83. The molecule has 0 heterocycles. The highest BCUT2D eigenvalue weighted by Gasteiger charge is 2.29. The van der Waals surface area contributed by atoms with E-state index in [1.54, 1.807) is 0 Å². The molecule has 1 aromatic rings. The largest absolute Gasteiger partial charge is 0.157 e. The molecule has 0 aliphatic heterocycles. The Labute approximate surface area is 134 Å². The summed E-state index contributed by atoms with van der Waals surface area (Å²) in [5, 5.41) is 1.99. The molecule has 0 atom stereocenters. The van der Waals surface area contributed by atoms with Crippen LogP contribution in [0, 0.1) is 5.41 Å². The van der Waals surface area contributed by atoms with E-state index in [1.165, 1.54) is 49.8 Å². The van der Waals surface area contributed by atoms with Crippen molar-refractivity contribution in [2.24, 2.45) is 5.41 Å². The quantitative estimate of drug-likeness (QED) is 0.437. The summed E-state index contributed by atoms with van der Waals surface area (Å²) in [5.74, 6) is 2.38. The van der Waals surface area contributed by atoms with Crippen LogP contribution in [0.3, 0.4) is 0 Å². The lowest BCUT2D eigenvalue weighted by Crippen LogP contribution is -2.25. The summed E-state index contributed by atoms with van der Waals surface area (Å²) < 4.78 is 0. The van der Waals surface area contributed by atoms with Crippen molar-refractivity contribution < 1.29 is 0 Å². The van der Waals surface area contributed by atoms with Gasteiger partial charge in [0.05, 0.1) is 0 Å². The normalized spacial score (nSPS) is 19.1. The maximum absolute atomic E-state index is 5.92. The molecule has 1 fully saturated rings. The molecule has 0 saturated heterocycles. The van der Waals surface area contributed by atoms with E-state index < -0.39 is 0 Å². The third-order valence-corrected chi connectivity index (χ3v) is 6.83. The SMILES string of the molecule is Clc1ccc(CSCC2(CBr)CCCCCC2)cc1. The average Bonchev–Trinajstić information content (AvgIpc) is 2.67. The first-order valence-corrected chi connectivity index (χ1v) is 9.78. The van der Waals surface area contributed by atoms with Crippen LogP contribution in [0.25, 0.3) is 0 Å². The lowest BCUT2D eigenvalue weighted by atomic mass is 9.85. The molecule has 0 unspecified atom stereocenters. The molecule has 3 heteroatoms. The Kier molecular flexibility index (Phi) is 6.58. The Hall–Kier alpha value is 0.340. The molecular formula is C16H22BrClS. The number of benzene rings is 1. The zero-order valence-electron chi connectivity index (χ0n) is 11.3. The van der Waals surface area contributed by atoms with Gasteiger partial charge in [0.25, 0.3) is 0 Å². The maximum Gasteiger partial charge on any atom is 0.0406 e. The van der Waals surface area contributed by atoms with Gasteiger partial charge >= 0.3 is 0 Å². The molecule has 0 radical (unpaired) electrons. The van der Waals surface area contributed by atoms with Crippen LogP contribution in [0.15, 0.2) is 24.3 Å². The minimum absolute atomic E-state index is 0.535. The third-order valence-electron chi connectivity index (χ3n) is 4.04. The van der Waals surface area contributed by atoms with Gasteiger partial charge in [-0.1, -0.05) is 65.3 Å². The molecule has 106 valence electrons. The second kappa shape index (κ2) is 7.95. The van der Waals surface area contributed by atoms with Crippen LogP contribution in [0.4, 0.5) is 0 Å². The van der Waals surface area contributed by atoms with Crippen molar-refractivity contribution in [2.45, 2.75) is 44.3 Å². The molecule has 2 rings (SSSR count). The topological polar surface area (TPSA) is 0 Å². The summed E-state index contributed by atoms with van der Waals surface area (Å²) in [7, 11) is 0. The van der Waals surface area contributed by atoms with Crippen LogP contribution < -0.4 is 0 Å². The number of halogens is 2. The van der Waals surface area contributed by atoms with Crippen LogP contribution in [0.5, 0.6) is 0 Å². The molecule has 0 nitrogen and oxygen atoms in total. The molecule has 0 N–H and O–H groups in total. The monoisotopic (exact) mass is 360 g/mol. The van der Waals surface area contributed by atoms with Gasteiger partial charge in [-0.2, -0.15) is 11.8 Å². The van der Waals surface area contributed by atoms with E-state index in [1.807, 2.05) is 12.1 Å². The van der Waals surface area contributed by atoms with Gasteiger partial charge in [-0.15, -0.1) is 0 Å². The Bertz CT molecular complexity index is 369. The first kappa shape index (κ1) is 15.7. The van der Waals surface area contributed by atoms with Crippen LogP contribution in [0.2, 0.25) is 5.02 Å². The predicted molar refractivity (Wildman–Crippen MR) is 91.5 cm³/mol. The summed E-state index contributed by atoms with van der Waals surface area (Å²) in [6, 6.07) is 8.26. The third kappa shape index (κ3) is 4.99. The lowest BCUT2D eigenvalue weighted by molar-refractivity contribution is 0.334. The molecule has 0 amide bonds. The molecular weight excluding hydrogens is 340 g/mol. The van der Waals surface area contributed by atoms with Crippen molar-refractivity contribution in [3.8, 4) is 0 Å². The van der Waals surface area contributed by atoms with Crippen molar-refractivity contribution in [3.63, 3.8) is 0 Å². The fourth-order valence-electron chi connectivity index (χ4n) is 2.76. The van der Waals surface area contributed by atoms with E-state index in [2.05, 4.69) is 39.8 Å². The van der Waals surface area contributed by atoms with Crippen molar-refractivity contribution in [3.05, 3.63) is 34.9 Å². The van der Waals surface area contributed by atoms with Gasteiger partial charge in [0.15, 0.2) is 0 Å². The Morgan fingerprint density at radius 1 is 1.05 bits per heavy atom. The molecule has 1 aliphatic rings. The Morgan fingerprint density at radius 2 is 1.68 bits per heavy atom. The van der Waals surface area contributed by atoms with E-state index in [0.29, 0.717) is 5.41 Å². The van der Waals surface area contributed by atoms with Crippen LogP contribution >= 0.6 is 39.3 Å². The van der Waals surface area contributed by atoms with E-state index in [4.69, 9.17) is 11.6 Å². The highest BCUT2D eigenvalue weighted by Crippen LogP contribution is 2.40. The molecule has 1 aromatic carbocycles. The highest BCUT2D eigenvalue weighted by molar-refractivity contribution is 9.09. The van der Waals surface area contributed by atoms with Gasteiger partial charge in [-0.05, 0) is 36.0 Å². The average molecular weight is 362 g/mol. The van der Waals surface area contributed by atoms with Crippen LogP contribution in [-0.2, 0) is 5.75 Å². The van der Waals surface area contributed by atoms with Crippen molar-refractivity contribution in [1.29, 1.82) is 0 Å². The van der Waals surface area contributed by atoms with E-state index >= 15 is 0 Å². The van der Waals surface area contributed by atoms with Gasteiger partial charge < -0.3 is 0 Å². The number of hydrogen-bond donors (Lipinski definition) is 0. The summed E-state index contributed by atoms with van der Waals surface area (Å²) in [6.45, 7) is 0. The van der Waals surface area contributed by atoms with Crippen molar-refractivity contribution in [2.75, 3.05) is 11.1 Å². The van der Waals surface area contributed by atoms with Gasteiger partial charge in [-0.25, -0.2) is 0 Å². The van der Waals surface area contributed by atoms with Crippen LogP contribution in [-0.4, -0.2) is 11.1 Å². The highest BCUT2D eigenvalue weighted by atomic mass is 79.9. The fourth-order valence-corrected chi connectivity index (χ4v) is 5.26. The van der Waals surface area contributed by atoms with Crippen molar-refractivity contribution >= 4 is 39.3 Å². The van der Waals surface area contributed by atoms with Crippen LogP contribution in [0.1, 0.15) is 44.1 Å². The molecule has 0 bridgehead atoms. The zero-order chi connectivity index (χ0) is 13.6. The van der Waals surface area contributed by atoms with E-state index in [9.17, 15) is 0 Å². The summed E-state index contributed by atoms with van der Waals surface area (Å²) in [4.78, 5) is 0. The number of thioether (sulfide) groups is 1. The Morgan fingerprint density at radius 3 is 2.26 bits per heavy atom. The molecule has 0 spiro atoms. The summed E-state index contributed by atoms with van der Waals surface area (Å²) in [6.07, 6.45) is 8.46. The van der Waals surface area contributed by atoms with Gasteiger partial charge in [0.1, 0.15) is 0 Å². The summed E-state index contributed by atoms with van der Waals surface area (Å²) >= 11 is 11.8. The van der Waals surface area contributed by atoms with Gasteiger partial charge in [-0.3, -0.25) is 0 Å². The van der Waals surface area contributed by atoms with Gasteiger partial charge in [0.2, 0.25) is 0 Å². The number of alkyl halides is 1. The maximum atomic E-state index is 5.92. The fraction of sp³-hybridized carbons (Fsp3) is 0.625. The molecule has 0 aromatic heterocycles.